The van der Waals surface area contributed by atoms with Gasteiger partial charge >= 0.3 is 0 Å². The van der Waals surface area contributed by atoms with Crippen molar-refractivity contribution in [2.45, 2.75) is 33.2 Å². The first-order chi connectivity index (χ1) is 9.06. The lowest BCUT2D eigenvalue weighted by Crippen LogP contribution is -2.18. The first kappa shape index (κ1) is 13.6. The van der Waals surface area contributed by atoms with Crippen LogP contribution in [0.3, 0.4) is 0 Å². The van der Waals surface area contributed by atoms with Gasteiger partial charge in [0.1, 0.15) is 11.5 Å². The summed E-state index contributed by atoms with van der Waals surface area (Å²) in [5.41, 5.74) is 9.20. The molecular formula is C16H20N2O. The van der Waals surface area contributed by atoms with Gasteiger partial charge in [-0.05, 0) is 62.6 Å². The third-order valence-corrected chi connectivity index (χ3v) is 3.04. The average molecular weight is 256 g/mol. The zero-order valence-electron chi connectivity index (χ0n) is 11.7. The van der Waals surface area contributed by atoms with E-state index in [1.54, 1.807) is 6.20 Å². The van der Waals surface area contributed by atoms with Gasteiger partial charge in [0.15, 0.2) is 0 Å². The highest BCUT2D eigenvalue weighted by Crippen LogP contribution is 2.25. The summed E-state index contributed by atoms with van der Waals surface area (Å²) in [4.78, 5) is 4.21. The van der Waals surface area contributed by atoms with Crippen LogP contribution in [-0.2, 0) is 6.42 Å². The summed E-state index contributed by atoms with van der Waals surface area (Å²) in [7, 11) is 0. The number of rotatable bonds is 4. The Balaban J connectivity index is 2.19. The molecule has 0 saturated carbocycles. The second-order valence-corrected chi connectivity index (χ2v) is 4.96. The summed E-state index contributed by atoms with van der Waals surface area (Å²) in [5.74, 6) is 1.63. The van der Waals surface area contributed by atoms with E-state index < -0.39 is 0 Å². The van der Waals surface area contributed by atoms with Gasteiger partial charge in [-0.1, -0.05) is 6.07 Å². The molecular weight excluding hydrogens is 236 g/mol. The summed E-state index contributed by atoms with van der Waals surface area (Å²) >= 11 is 0. The standard InChI is InChI=1S/C16H20N2O/c1-11-9-15(7-6-14(11)10-12(2)17)19-16-5-4-8-18-13(16)3/h4-9,12H,10,17H2,1-3H3. The zero-order valence-corrected chi connectivity index (χ0v) is 11.7. The van der Waals surface area contributed by atoms with E-state index >= 15 is 0 Å². The Hall–Kier alpha value is -1.87. The Morgan fingerprint density at radius 1 is 1.26 bits per heavy atom. The highest BCUT2D eigenvalue weighted by atomic mass is 16.5. The Kier molecular flexibility index (Phi) is 4.17. The third-order valence-electron chi connectivity index (χ3n) is 3.04. The molecule has 0 spiro atoms. The second kappa shape index (κ2) is 5.85. The van der Waals surface area contributed by atoms with Crippen molar-refractivity contribution in [1.29, 1.82) is 0 Å². The predicted molar refractivity (Wildman–Crippen MR) is 77.6 cm³/mol. The van der Waals surface area contributed by atoms with Crippen LogP contribution in [0.4, 0.5) is 0 Å². The van der Waals surface area contributed by atoms with Gasteiger partial charge in [-0.25, -0.2) is 0 Å². The molecule has 1 aromatic heterocycles. The van der Waals surface area contributed by atoms with Crippen molar-refractivity contribution < 1.29 is 4.74 Å². The number of hydrogen-bond acceptors (Lipinski definition) is 3. The zero-order chi connectivity index (χ0) is 13.8. The SMILES string of the molecule is Cc1cc(Oc2cccnc2C)ccc1CC(C)N. The first-order valence-electron chi connectivity index (χ1n) is 6.51. The van der Waals surface area contributed by atoms with Crippen LogP contribution in [-0.4, -0.2) is 11.0 Å². The van der Waals surface area contributed by atoms with E-state index in [4.69, 9.17) is 10.5 Å². The molecule has 19 heavy (non-hydrogen) atoms. The molecule has 0 bridgehead atoms. The molecule has 3 heteroatoms. The molecule has 0 radical (unpaired) electrons. The van der Waals surface area contributed by atoms with Crippen molar-refractivity contribution in [3.63, 3.8) is 0 Å². The van der Waals surface area contributed by atoms with Crippen molar-refractivity contribution in [1.82, 2.24) is 4.98 Å². The highest BCUT2D eigenvalue weighted by molar-refractivity contribution is 5.39. The molecule has 0 aliphatic carbocycles. The van der Waals surface area contributed by atoms with Crippen LogP contribution in [0.5, 0.6) is 11.5 Å². The normalized spacial score (nSPS) is 12.2. The van der Waals surface area contributed by atoms with Crippen molar-refractivity contribution in [3.8, 4) is 11.5 Å². The number of nitrogens with zero attached hydrogens (tertiary/aromatic N) is 1. The molecule has 3 nitrogen and oxygen atoms in total. The Labute approximate surface area is 114 Å². The van der Waals surface area contributed by atoms with Crippen LogP contribution in [0.25, 0.3) is 0 Å². The van der Waals surface area contributed by atoms with E-state index in [0.717, 1.165) is 23.6 Å². The van der Waals surface area contributed by atoms with Crippen molar-refractivity contribution in [2.75, 3.05) is 0 Å². The van der Waals surface area contributed by atoms with E-state index in [1.165, 1.54) is 11.1 Å². The molecule has 0 aliphatic heterocycles. The van der Waals surface area contributed by atoms with Gasteiger partial charge < -0.3 is 10.5 Å². The first-order valence-corrected chi connectivity index (χ1v) is 6.51. The summed E-state index contributed by atoms with van der Waals surface area (Å²) < 4.78 is 5.86. The minimum absolute atomic E-state index is 0.172. The molecule has 0 amide bonds. The number of benzene rings is 1. The predicted octanol–water partition coefficient (Wildman–Crippen LogP) is 3.38. The van der Waals surface area contributed by atoms with Gasteiger partial charge in [-0.2, -0.15) is 0 Å². The maximum Gasteiger partial charge on any atom is 0.148 e. The fourth-order valence-corrected chi connectivity index (χ4v) is 2.01. The fourth-order valence-electron chi connectivity index (χ4n) is 2.01. The maximum atomic E-state index is 5.86. The minimum Gasteiger partial charge on any atom is -0.455 e. The number of aryl methyl sites for hydroxylation is 2. The number of hydrogen-bond donors (Lipinski definition) is 1. The average Bonchev–Trinajstić information content (AvgIpc) is 2.35. The minimum atomic E-state index is 0.172. The summed E-state index contributed by atoms with van der Waals surface area (Å²) in [6.07, 6.45) is 2.65. The Morgan fingerprint density at radius 2 is 2.05 bits per heavy atom. The molecule has 1 aromatic carbocycles. The Bertz CT molecular complexity index is 564. The maximum absolute atomic E-state index is 5.86. The number of aromatic nitrogens is 1. The number of ether oxygens (including phenoxy) is 1. The van der Waals surface area contributed by atoms with E-state index in [2.05, 4.69) is 18.0 Å². The molecule has 1 atom stereocenters. The molecule has 2 aromatic rings. The molecule has 0 aliphatic rings. The number of pyridine rings is 1. The summed E-state index contributed by atoms with van der Waals surface area (Å²) in [6.45, 7) is 6.04. The van der Waals surface area contributed by atoms with Crippen molar-refractivity contribution in [2.24, 2.45) is 5.73 Å². The Morgan fingerprint density at radius 3 is 2.68 bits per heavy atom. The second-order valence-electron chi connectivity index (χ2n) is 4.96. The van der Waals surface area contributed by atoms with Crippen LogP contribution in [0.2, 0.25) is 0 Å². The van der Waals surface area contributed by atoms with Crippen molar-refractivity contribution in [3.05, 3.63) is 53.3 Å². The van der Waals surface area contributed by atoms with E-state index in [-0.39, 0.29) is 6.04 Å². The molecule has 0 fully saturated rings. The van der Waals surface area contributed by atoms with Crippen LogP contribution in [0.1, 0.15) is 23.7 Å². The summed E-state index contributed by atoms with van der Waals surface area (Å²) in [6, 6.07) is 10.1. The fraction of sp³-hybridized carbons (Fsp3) is 0.312. The van der Waals surface area contributed by atoms with E-state index in [9.17, 15) is 0 Å². The molecule has 2 rings (SSSR count). The van der Waals surface area contributed by atoms with Gasteiger partial charge in [0, 0.05) is 12.2 Å². The van der Waals surface area contributed by atoms with Crippen LogP contribution >= 0.6 is 0 Å². The quantitative estimate of drug-likeness (QED) is 0.912. The third kappa shape index (κ3) is 3.55. The molecule has 1 heterocycles. The highest BCUT2D eigenvalue weighted by Gasteiger charge is 2.06. The molecule has 1 unspecified atom stereocenters. The largest absolute Gasteiger partial charge is 0.455 e. The molecule has 100 valence electrons. The number of nitrogens with two attached hydrogens (primary N) is 1. The lowest BCUT2D eigenvalue weighted by molar-refractivity contribution is 0.475. The lowest BCUT2D eigenvalue weighted by atomic mass is 10.0. The van der Waals surface area contributed by atoms with Crippen LogP contribution < -0.4 is 10.5 Å². The monoisotopic (exact) mass is 256 g/mol. The van der Waals surface area contributed by atoms with Crippen molar-refractivity contribution >= 4 is 0 Å². The van der Waals surface area contributed by atoms with Crippen LogP contribution in [0, 0.1) is 13.8 Å². The van der Waals surface area contributed by atoms with Gasteiger partial charge in [0.25, 0.3) is 0 Å². The summed E-state index contributed by atoms with van der Waals surface area (Å²) in [5, 5.41) is 0. The van der Waals surface area contributed by atoms with Gasteiger partial charge in [-0.15, -0.1) is 0 Å². The van der Waals surface area contributed by atoms with Gasteiger partial charge in [0.2, 0.25) is 0 Å². The van der Waals surface area contributed by atoms with Gasteiger partial charge in [-0.3, -0.25) is 4.98 Å². The van der Waals surface area contributed by atoms with E-state index in [0.29, 0.717) is 0 Å². The molecule has 2 N–H and O–H groups in total. The van der Waals surface area contributed by atoms with Gasteiger partial charge in [0.05, 0.1) is 5.69 Å². The topological polar surface area (TPSA) is 48.1 Å². The molecule has 0 saturated heterocycles. The van der Waals surface area contributed by atoms with E-state index in [1.807, 2.05) is 38.1 Å². The van der Waals surface area contributed by atoms with Crippen LogP contribution in [0.15, 0.2) is 36.5 Å². The lowest BCUT2D eigenvalue weighted by Gasteiger charge is -2.12. The smallest absolute Gasteiger partial charge is 0.148 e.